The lowest BCUT2D eigenvalue weighted by molar-refractivity contribution is -0.385. The van der Waals surface area contributed by atoms with Gasteiger partial charge >= 0.3 is 5.69 Å². The Morgan fingerprint density at radius 3 is 2.71 bits per heavy atom. The zero-order valence-corrected chi connectivity index (χ0v) is 16.9. The molecule has 1 fully saturated rings. The molecule has 0 spiro atoms. The molecular weight excluding hydrogens is 434 g/mol. The molecule has 1 saturated carbocycles. The van der Waals surface area contributed by atoms with Gasteiger partial charge in [-0.15, -0.1) is 11.3 Å². The average molecular weight is 450 g/mol. The summed E-state index contributed by atoms with van der Waals surface area (Å²) in [7, 11) is 0. The second-order valence-corrected chi connectivity index (χ2v) is 8.14. The predicted molar refractivity (Wildman–Crippen MR) is 107 cm³/mol. The topological polar surface area (TPSA) is 146 Å². The molecule has 1 aliphatic carbocycles. The first-order valence-electron chi connectivity index (χ1n) is 9.19. The Bertz CT molecular complexity index is 1230. The van der Waals surface area contributed by atoms with Crippen LogP contribution in [0.25, 0.3) is 10.2 Å². The molecule has 2 amide bonds. The maximum absolute atomic E-state index is 13.3. The molecule has 0 saturated heterocycles. The van der Waals surface area contributed by atoms with E-state index in [0.717, 1.165) is 35.1 Å². The van der Waals surface area contributed by atoms with Gasteiger partial charge in [0, 0.05) is 5.39 Å². The van der Waals surface area contributed by atoms with E-state index in [1.807, 2.05) is 0 Å². The van der Waals surface area contributed by atoms with Crippen molar-refractivity contribution in [1.82, 2.24) is 14.8 Å². The molecule has 3 N–H and O–H groups in total. The first-order chi connectivity index (χ1) is 14.7. The molecule has 0 bridgehead atoms. The van der Waals surface area contributed by atoms with Crippen molar-refractivity contribution in [2.24, 2.45) is 5.73 Å². The number of anilines is 1. The Balaban J connectivity index is 1.74. The maximum Gasteiger partial charge on any atom is 0.309 e. The summed E-state index contributed by atoms with van der Waals surface area (Å²) in [6.07, 6.45) is -0.142. The summed E-state index contributed by atoms with van der Waals surface area (Å²) in [6.45, 7) is 1.10. The van der Waals surface area contributed by atoms with E-state index >= 15 is 0 Å². The lowest BCUT2D eigenvalue weighted by atomic mass is 10.0. The van der Waals surface area contributed by atoms with E-state index < -0.39 is 28.9 Å². The number of carbonyl (C=O) groups is 2. The Morgan fingerprint density at radius 1 is 1.45 bits per heavy atom. The molecule has 0 unspecified atom stereocenters. The number of alkyl halides is 2. The summed E-state index contributed by atoms with van der Waals surface area (Å²) < 4.78 is 27.7. The second-order valence-electron chi connectivity index (χ2n) is 7.14. The third-order valence-electron chi connectivity index (χ3n) is 5.01. The SMILES string of the molecule is Cc1c([N+](=O)[O-])cnn1CC(=O)Nc1c(C(N)=O)sc2nc(C(F)F)cc(C3CC3)c12. The zero-order valence-electron chi connectivity index (χ0n) is 16.1. The Labute approximate surface area is 177 Å². The van der Waals surface area contributed by atoms with E-state index in [1.54, 1.807) is 0 Å². The number of amides is 2. The van der Waals surface area contributed by atoms with E-state index in [-0.39, 0.29) is 39.2 Å². The third-order valence-corrected chi connectivity index (χ3v) is 6.11. The van der Waals surface area contributed by atoms with Crippen molar-refractivity contribution in [3.63, 3.8) is 0 Å². The zero-order chi connectivity index (χ0) is 22.4. The predicted octanol–water partition coefficient (Wildman–Crippen LogP) is 3.26. The first-order valence-corrected chi connectivity index (χ1v) is 10.0. The van der Waals surface area contributed by atoms with Crippen molar-refractivity contribution in [2.75, 3.05) is 5.32 Å². The molecule has 1 aliphatic rings. The van der Waals surface area contributed by atoms with Gasteiger partial charge in [-0.1, -0.05) is 0 Å². The Kier molecular flexibility index (Phi) is 5.13. The van der Waals surface area contributed by atoms with Crippen molar-refractivity contribution in [1.29, 1.82) is 0 Å². The van der Waals surface area contributed by atoms with Crippen molar-refractivity contribution in [3.8, 4) is 0 Å². The number of nitrogens with one attached hydrogen (secondary N) is 1. The van der Waals surface area contributed by atoms with Gasteiger partial charge < -0.3 is 11.1 Å². The van der Waals surface area contributed by atoms with Gasteiger partial charge in [-0.05, 0) is 37.3 Å². The van der Waals surface area contributed by atoms with Crippen LogP contribution in [0.4, 0.5) is 20.2 Å². The first kappa shape index (κ1) is 20.8. The van der Waals surface area contributed by atoms with Gasteiger partial charge in [-0.3, -0.25) is 24.4 Å². The van der Waals surface area contributed by atoms with Gasteiger partial charge in [-0.25, -0.2) is 13.8 Å². The summed E-state index contributed by atoms with van der Waals surface area (Å²) in [4.78, 5) is 39.2. The van der Waals surface area contributed by atoms with Crippen LogP contribution in [0, 0.1) is 17.0 Å². The van der Waals surface area contributed by atoms with Crippen LogP contribution in [-0.2, 0) is 11.3 Å². The highest BCUT2D eigenvalue weighted by Gasteiger charge is 2.32. The largest absolute Gasteiger partial charge is 0.365 e. The van der Waals surface area contributed by atoms with Gasteiger partial charge in [0.15, 0.2) is 0 Å². The fourth-order valence-corrected chi connectivity index (χ4v) is 4.38. The minimum Gasteiger partial charge on any atom is -0.365 e. The lowest BCUT2D eigenvalue weighted by Gasteiger charge is -2.10. The number of hydrogen-bond donors (Lipinski definition) is 2. The molecule has 0 atom stereocenters. The third kappa shape index (κ3) is 3.83. The number of fused-ring (bicyclic) bond motifs is 1. The number of primary amides is 1. The fourth-order valence-electron chi connectivity index (χ4n) is 3.36. The van der Waals surface area contributed by atoms with E-state index in [9.17, 15) is 28.5 Å². The number of pyridine rings is 1. The smallest absolute Gasteiger partial charge is 0.309 e. The van der Waals surface area contributed by atoms with E-state index in [2.05, 4.69) is 15.4 Å². The van der Waals surface area contributed by atoms with E-state index in [4.69, 9.17) is 5.73 Å². The summed E-state index contributed by atoms with van der Waals surface area (Å²) in [6, 6.07) is 1.30. The van der Waals surface area contributed by atoms with E-state index in [0.29, 0.717) is 10.9 Å². The van der Waals surface area contributed by atoms with Gasteiger partial charge in [-0.2, -0.15) is 5.10 Å². The van der Waals surface area contributed by atoms with Crippen LogP contribution >= 0.6 is 11.3 Å². The minimum atomic E-state index is -2.78. The molecule has 3 aromatic heterocycles. The number of nitrogens with zero attached hydrogens (tertiary/aromatic N) is 4. The van der Waals surface area contributed by atoms with Gasteiger partial charge in [0.05, 0.1) is 10.6 Å². The molecule has 0 aliphatic heterocycles. The van der Waals surface area contributed by atoms with Crippen LogP contribution in [0.3, 0.4) is 0 Å². The number of hydrogen-bond acceptors (Lipinski definition) is 7. The van der Waals surface area contributed by atoms with Gasteiger partial charge in [0.2, 0.25) is 5.91 Å². The van der Waals surface area contributed by atoms with Crippen molar-refractivity contribution >= 4 is 44.7 Å². The van der Waals surface area contributed by atoms with Crippen LogP contribution < -0.4 is 11.1 Å². The molecule has 3 heterocycles. The lowest BCUT2D eigenvalue weighted by Crippen LogP contribution is -2.22. The van der Waals surface area contributed by atoms with Crippen LogP contribution in [-0.4, -0.2) is 31.5 Å². The number of nitro groups is 1. The minimum absolute atomic E-state index is 0.00710. The molecule has 31 heavy (non-hydrogen) atoms. The highest BCUT2D eigenvalue weighted by molar-refractivity contribution is 7.21. The number of rotatable bonds is 7. The molecule has 0 radical (unpaired) electrons. The number of nitrogens with two attached hydrogens (primary N) is 1. The normalized spacial score (nSPS) is 13.7. The Morgan fingerprint density at radius 2 is 2.16 bits per heavy atom. The maximum atomic E-state index is 13.3. The number of halogens is 2. The molecule has 3 aromatic rings. The van der Waals surface area contributed by atoms with Crippen LogP contribution in [0.2, 0.25) is 0 Å². The highest BCUT2D eigenvalue weighted by Crippen LogP contribution is 2.48. The summed E-state index contributed by atoms with van der Waals surface area (Å²) >= 11 is 0.837. The average Bonchev–Trinajstić information content (AvgIpc) is 3.39. The summed E-state index contributed by atoms with van der Waals surface area (Å²) in [5.41, 5.74) is 5.72. The summed E-state index contributed by atoms with van der Waals surface area (Å²) in [5, 5.41) is 17.8. The van der Waals surface area contributed by atoms with E-state index in [1.165, 1.54) is 13.0 Å². The quantitative estimate of drug-likeness (QED) is 0.417. The second kappa shape index (κ2) is 7.65. The standard InChI is InChI=1S/C18H16F2N6O4S/c1-7-11(26(29)30)5-22-25(7)6-12(27)24-14-13-9(8-2-3-8)4-10(16(19)20)23-18(13)31-15(14)17(21)28/h4-5,8,16H,2-3,6H2,1H3,(H2,21,28)(H,24,27). The molecule has 4 rings (SSSR count). The van der Waals surface area contributed by atoms with Crippen molar-refractivity contribution in [2.45, 2.75) is 38.7 Å². The van der Waals surface area contributed by atoms with Crippen LogP contribution in [0.5, 0.6) is 0 Å². The monoisotopic (exact) mass is 450 g/mol. The Hall–Kier alpha value is -3.48. The number of aromatic nitrogens is 3. The van der Waals surface area contributed by atoms with Crippen LogP contribution in [0.1, 0.15) is 51.8 Å². The molecular formula is C18H16F2N6O4S. The van der Waals surface area contributed by atoms with Crippen LogP contribution in [0.15, 0.2) is 12.3 Å². The number of thiophene rings is 1. The molecule has 10 nitrogen and oxygen atoms in total. The molecule has 162 valence electrons. The molecule has 13 heteroatoms. The molecule has 0 aromatic carbocycles. The van der Waals surface area contributed by atoms with Gasteiger partial charge in [0.25, 0.3) is 12.3 Å². The van der Waals surface area contributed by atoms with Gasteiger partial charge in [0.1, 0.15) is 33.8 Å². The van der Waals surface area contributed by atoms with Crippen molar-refractivity contribution in [3.05, 3.63) is 44.2 Å². The number of carbonyl (C=O) groups excluding carboxylic acids is 2. The fraction of sp³-hybridized carbons (Fsp3) is 0.333. The highest BCUT2D eigenvalue weighted by atomic mass is 32.1. The summed E-state index contributed by atoms with van der Waals surface area (Å²) in [5.74, 6) is -1.41. The van der Waals surface area contributed by atoms with Crippen molar-refractivity contribution < 1.29 is 23.3 Å².